The number of fused-ring (bicyclic) bond motifs is 1. The summed E-state index contributed by atoms with van der Waals surface area (Å²) in [6.45, 7) is 0.390. The minimum absolute atomic E-state index is 0.144. The van der Waals surface area contributed by atoms with Gasteiger partial charge in [-0.3, -0.25) is 0 Å². The van der Waals surface area contributed by atoms with Crippen LogP contribution in [-0.4, -0.2) is 17.6 Å². The van der Waals surface area contributed by atoms with Gasteiger partial charge >= 0.3 is 5.97 Å². The summed E-state index contributed by atoms with van der Waals surface area (Å²) in [5.74, 6) is -1.78. The van der Waals surface area contributed by atoms with Gasteiger partial charge in [-0.05, 0) is 18.6 Å². The van der Waals surface area contributed by atoms with Gasteiger partial charge in [0.1, 0.15) is 11.4 Å². The Hall–Kier alpha value is -1.33. The van der Waals surface area contributed by atoms with E-state index < -0.39 is 17.3 Å². The summed E-state index contributed by atoms with van der Waals surface area (Å²) in [6.07, 6.45) is 0.190. The van der Waals surface area contributed by atoms with Gasteiger partial charge in [0.05, 0.1) is 10.7 Å². The summed E-state index contributed by atoms with van der Waals surface area (Å²) in [4.78, 5) is 11.1. The molecule has 4 nitrogen and oxygen atoms in total. The Labute approximate surface area is 96.2 Å². The van der Waals surface area contributed by atoms with Crippen LogP contribution in [0.1, 0.15) is 12.0 Å². The highest BCUT2D eigenvalue weighted by Crippen LogP contribution is 2.38. The molecule has 0 saturated heterocycles. The van der Waals surface area contributed by atoms with Gasteiger partial charge in [-0.1, -0.05) is 11.6 Å². The molecular formula is C10H10ClFN2O2. The van der Waals surface area contributed by atoms with Crippen molar-refractivity contribution >= 4 is 23.3 Å². The van der Waals surface area contributed by atoms with Crippen LogP contribution in [0.2, 0.25) is 5.02 Å². The Morgan fingerprint density at radius 2 is 2.31 bits per heavy atom. The molecule has 0 fully saturated rings. The molecule has 0 saturated carbocycles. The molecule has 0 aliphatic carbocycles. The molecule has 0 amide bonds. The van der Waals surface area contributed by atoms with Crippen LogP contribution >= 0.6 is 11.6 Å². The van der Waals surface area contributed by atoms with E-state index in [1.54, 1.807) is 0 Å². The van der Waals surface area contributed by atoms with E-state index >= 15 is 0 Å². The largest absolute Gasteiger partial charge is 0.480 e. The van der Waals surface area contributed by atoms with Crippen molar-refractivity contribution in [1.82, 2.24) is 0 Å². The van der Waals surface area contributed by atoms with Gasteiger partial charge in [0.15, 0.2) is 0 Å². The first-order valence-electron chi connectivity index (χ1n) is 4.71. The fourth-order valence-corrected chi connectivity index (χ4v) is 2.12. The Balaban J connectivity index is 2.67. The summed E-state index contributed by atoms with van der Waals surface area (Å²) in [5.41, 5.74) is 4.80. The molecule has 4 N–H and O–H groups in total. The fourth-order valence-electron chi connectivity index (χ4n) is 1.85. The van der Waals surface area contributed by atoms with Gasteiger partial charge in [0.2, 0.25) is 0 Å². The molecule has 1 aliphatic heterocycles. The van der Waals surface area contributed by atoms with Crippen LogP contribution in [0.25, 0.3) is 0 Å². The minimum atomic E-state index is -1.58. The van der Waals surface area contributed by atoms with E-state index in [0.29, 0.717) is 12.2 Å². The quantitative estimate of drug-likeness (QED) is 0.700. The Morgan fingerprint density at radius 3 is 2.94 bits per heavy atom. The predicted octanol–water partition coefficient (Wildman–Crippen LogP) is 1.53. The van der Waals surface area contributed by atoms with E-state index in [-0.39, 0.29) is 17.0 Å². The van der Waals surface area contributed by atoms with Gasteiger partial charge < -0.3 is 16.2 Å². The molecule has 6 heteroatoms. The van der Waals surface area contributed by atoms with E-state index in [0.717, 1.165) is 12.1 Å². The number of hydrogen-bond donors (Lipinski definition) is 3. The molecule has 1 aliphatic rings. The molecule has 0 spiro atoms. The van der Waals surface area contributed by atoms with Crippen molar-refractivity contribution in [1.29, 1.82) is 0 Å². The lowest BCUT2D eigenvalue weighted by atomic mass is 9.84. The van der Waals surface area contributed by atoms with Crippen molar-refractivity contribution in [3.8, 4) is 0 Å². The topological polar surface area (TPSA) is 75.4 Å². The highest BCUT2D eigenvalue weighted by Gasteiger charge is 2.41. The lowest BCUT2D eigenvalue weighted by molar-refractivity contribution is -0.144. The molecule has 1 aromatic carbocycles. The summed E-state index contributed by atoms with van der Waals surface area (Å²) in [7, 11) is 0. The summed E-state index contributed by atoms with van der Waals surface area (Å²) in [5, 5.41) is 12.2. The lowest BCUT2D eigenvalue weighted by Crippen LogP contribution is -2.49. The SMILES string of the molecule is NC1(C(=O)O)CCNc2c(Cl)cc(F)cc21. The van der Waals surface area contributed by atoms with Crippen molar-refractivity contribution in [2.45, 2.75) is 12.0 Å². The van der Waals surface area contributed by atoms with E-state index in [1.165, 1.54) is 0 Å². The number of rotatable bonds is 1. The molecule has 0 bridgehead atoms. The maximum absolute atomic E-state index is 13.2. The first-order chi connectivity index (χ1) is 7.45. The highest BCUT2D eigenvalue weighted by atomic mass is 35.5. The zero-order valence-corrected chi connectivity index (χ0v) is 9.01. The molecule has 0 aromatic heterocycles. The zero-order chi connectivity index (χ0) is 11.9. The van der Waals surface area contributed by atoms with Crippen molar-refractivity contribution in [3.05, 3.63) is 28.5 Å². The van der Waals surface area contributed by atoms with Crippen molar-refractivity contribution in [2.24, 2.45) is 5.73 Å². The summed E-state index contributed by atoms with van der Waals surface area (Å²) < 4.78 is 13.2. The molecule has 0 radical (unpaired) electrons. The Bertz CT molecular complexity index is 466. The molecule has 2 rings (SSSR count). The molecule has 16 heavy (non-hydrogen) atoms. The molecule has 1 unspecified atom stereocenters. The summed E-state index contributed by atoms with van der Waals surface area (Å²) in [6, 6.07) is 2.24. The second-order valence-electron chi connectivity index (χ2n) is 3.76. The number of nitrogens with one attached hydrogen (secondary N) is 1. The monoisotopic (exact) mass is 244 g/mol. The lowest BCUT2D eigenvalue weighted by Gasteiger charge is -2.33. The molecule has 1 aromatic rings. The van der Waals surface area contributed by atoms with Gasteiger partial charge in [0, 0.05) is 12.1 Å². The van der Waals surface area contributed by atoms with E-state index in [9.17, 15) is 9.18 Å². The standard InChI is InChI=1S/C10H10ClFN2O2/c11-7-4-5(12)3-6-8(7)14-2-1-10(6,13)9(15)16/h3-4,14H,1-2,13H2,(H,15,16). The van der Waals surface area contributed by atoms with Gasteiger partial charge in [-0.2, -0.15) is 0 Å². The molecule has 86 valence electrons. The van der Waals surface area contributed by atoms with Crippen LogP contribution in [0.5, 0.6) is 0 Å². The second kappa shape index (κ2) is 3.61. The van der Waals surface area contributed by atoms with Crippen LogP contribution in [0, 0.1) is 5.82 Å². The fraction of sp³-hybridized carbons (Fsp3) is 0.300. The van der Waals surface area contributed by atoms with Crippen LogP contribution in [-0.2, 0) is 10.3 Å². The van der Waals surface area contributed by atoms with Gasteiger partial charge in [-0.25, -0.2) is 9.18 Å². The Morgan fingerprint density at radius 1 is 1.62 bits per heavy atom. The van der Waals surface area contributed by atoms with Crippen LogP contribution in [0.15, 0.2) is 12.1 Å². The first-order valence-corrected chi connectivity index (χ1v) is 5.08. The van der Waals surface area contributed by atoms with Crippen molar-refractivity contribution in [3.63, 3.8) is 0 Å². The van der Waals surface area contributed by atoms with Crippen molar-refractivity contribution in [2.75, 3.05) is 11.9 Å². The number of carbonyl (C=O) groups is 1. The number of hydrogen-bond acceptors (Lipinski definition) is 3. The first kappa shape index (κ1) is 11.2. The zero-order valence-electron chi connectivity index (χ0n) is 8.26. The van der Waals surface area contributed by atoms with Crippen LogP contribution < -0.4 is 11.1 Å². The number of benzene rings is 1. The average Bonchev–Trinajstić information content (AvgIpc) is 2.19. The Kier molecular flexibility index (Phi) is 2.52. The number of anilines is 1. The molecule has 1 atom stereocenters. The van der Waals surface area contributed by atoms with Gasteiger partial charge in [-0.15, -0.1) is 0 Å². The predicted molar refractivity (Wildman–Crippen MR) is 58.0 cm³/mol. The third-order valence-corrected chi connectivity index (χ3v) is 3.04. The van der Waals surface area contributed by atoms with Crippen LogP contribution in [0.3, 0.4) is 0 Å². The third kappa shape index (κ3) is 1.52. The number of nitrogens with two attached hydrogens (primary N) is 1. The van der Waals surface area contributed by atoms with E-state index in [4.69, 9.17) is 22.4 Å². The maximum Gasteiger partial charge on any atom is 0.328 e. The second-order valence-corrected chi connectivity index (χ2v) is 4.17. The van der Waals surface area contributed by atoms with Crippen LogP contribution in [0.4, 0.5) is 10.1 Å². The number of aliphatic carboxylic acids is 1. The number of halogens is 2. The maximum atomic E-state index is 13.2. The normalized spacial score (nSPS) is 23.4. The minimum Gasteiger partial charge on any atom is -0.480 e. The van der Waals surface area contributed by atoms with Crippen molar-refractivity contribution < 1.29 is 14.3 Å². The third-order valence-electron chi connectivity index (χ3n) is 2.74. The summed E-state index contributed by atoms with van der Waals surface area (Å²) >= 11 is 5.83. The molecular weight excluding hydrogens is 235 g/mol. The smallest absolute Gasteiger partial charge is 0.328 e. The molecule has 1 heterocycles. The number of carboxylic acid groups (broad SMARTS) is 1. The highest BCUT2D eigenvalue weighted by molar-refractivity contribution is 6.33. The van der Waals surface area contributed by atoms with Gasteiger partial charge in [0.25, 0.3) is 0 Å². The van der Waals surface area contributed by atoms with E-state index in [1.807, 2.05) is 0 Å². The number of carboxylic acids is 1. The average molecular weight is 245 g/mol. The van der Waals surface area contributed by atoms with E-state index in [2.05, 4.69) is 5.32 Å².